The molecule has 0 aromatic heterocycles. The fourth-order valence-corrected chi connectivity index (χ4v) is 2.83. The third-order valence-corrected chi connectivity index (χ3v) is 4.22. The summed E-state index contributed by atoms with van der Waals surface area (Å²) in [4.78, 5) is 17.3. The van der Waals surface area contributed by atoms with Gasteiger partial charge >= 0.3 is 0 Å². The maximum absolute atomic E-state index is 12.1. The molecule has 0 atom stereocenters. The van der Waals surface area contributed by atoms with E-state index in [2.05, 4.69) is 10.5 Å². The van der Waals surface area contributed by atoms with Crippen molar-refractivity contribution in [2.24, 2.45) is 5.16 Å². The molecule has 136 valence electrons. The Bertz CT molecular complexity index is 1030. The summed E-state index contributed by atoms with van der Waals surface area (Å²) in [5.74, 6) is 1.12. The smallest absolute Gasteiger partial charge is 0.265 e. The number of benzene rings is 3. The standard InChI is InChI=1S/C21H18N2O4/c1-14(16-7-9-19-20(11-16)26-13-25-19)23-27-12-21(24)22-18-8-6-15-4-2-3-5-17(15)10-18/h2-11H,12-13H2,1H3,(H,22,24)/b23-14-. The molecule has 6 heteroatoms. The van der Waals surface area contributed by atoms with Gasteiger partial charge in [-0.1, -0.05) is 35.5 Å². The molecule has 3 aromatic rings. The average molecular weight is 362 g/mol. The summed E-state index contributed by atoms with van der Waals surface area (Å²) in [5, 5.41) is 9.01. The van der Waals surface area contributed by atoms with Crippen LogP contribution in [0.15, 0.2) is 65.8 Å². The number of oxime groups is 1. The Morgan fingerprint density at radius 1 is 1.04 bits per heavy atom. The second kappa shape index (κ2) is 7.37. The molecular formula is C21H18N2O4. The lowest BCUT2D eigenvalue weighted by atomic mass is 10.1. The summed E-state index contributed by atoms with van der Waals surface area (Å²) in [6.07, 6.45) is 0. The van der Waals surface area contributed by atoms with Gasteiger partial charge in [0.1, 0.15) is 0 Å². The molecule has 0 aliphatic carbocycles. The van der Waals surface area contributed by atoms with Gasteiger partial charge in [0, 0.05) is 11.3 Å². The Balaban J connectivity index is 1.35. The molecule has 1 heterocycles. The van der Waals surface area contributed by atoms with E-state index in [0.29, 0.717) is 17.2 Å². The lowest BCUT2D eigenvalue weighted by Crippen LogP contribution is -2.17. The first-order valence-electron chi connectivity index (χ1n) is 8.54. The van der Waals surface area contributed by atoms with Crippen molar-refractivity contribution in [2.75, 3.05) is 18.7 Å². The molecule has 0 radical (unpaired) electrons. The van der Waals surface area contributed by atoms with E-state index < -0.39 is 0 Å². The molecule has 4 rings (SSSR count). The van der Waals surface area contributed by atoms with E-state index in [1.54, 1.807) is 6.92 Å². The first kappa shape index (κ1) is 16.9. The monoisotopic (exact) mass is 362 g/mol. The predicted molar refractivity (Wildman–Crippen MR) is 103 cm³/mol. The Kier molecular flexibility index (Phi) is 4.61. The van der Waals surface area contributed by atoms with Gasteiger partial charge in [0.05, 0.1) is 5.71 Å². The molecule has 1 N–H and O–H groups in total. The van der Waals surface area contributed by atoms with E-state index in [4.69, 9.17) is 14.3 Å². The van der Waals surface area contributed by atoms with Crippen molar-refractivity contribution in [3.05, 3.63) is 66.2 Å². The predicted octanol–water partition coefficient (Wildman–Crippen LogP) is 3.95. The molecule has 0 bridgehead atoms. The summed E-state index contributed by atoms with van der Waals surface area (Å²) in [7, 11) is 0. The van der Waals surface area contributed by atoms with Gasteiger partial charge in [0.15, 0.2) is 18.1 Å². The molecule has 0 unspecified atom stereocenters. The molecular weight excluding hydrogens is 344 g/mol. The van der Waals surface area contributed by atoms with Crippen LogP contribution in [-0.2, 0) is 9.63 Å². The Morgan fingerprint density at radius 3 is 2.74 bits per heavy atom. The van der Waals surface area contributed by atoms with Crippen LogP contribution in [0.25, 0.3) is 10.8 Å². The highest BCUT2D eigenvalue weighted by Gasteiger charge is 2.14. The first-order chi connectivity index (χ1) is 13.2. The minimum atomic E-state index is -0.271. The van der Waals surface area contributed by atoms with Gasteiger partial charge < -0.3 is 19.6 Å². The van der Waals surface area contributed by atoms with Crippen LogP contribution in [0.1, 0.15) is 12.5 Å². The molecule has 3 aromatic carbocycles. The average Bonchev–Trinajstić information content (AvgIpc) is 3.15. The number of rotatable bonds is 5. The van der Waals surface area contributed by atoms with Crippen LogP contribution >= 0.6 is 0 Å². The molecule has 1 aliphatic rings. The summed E-state index contributed by atoms with van der Waals surface area (Å²) in [6.45, 7) is 1.86. The molecule has 0 saturated carbocycles. The number of carbonyl (C=O) groups is 1. The zero-order valence-electron chi connectivity index (χ0n) is 14.8. The quantitative estimate of drug-likeness (QED) is 0.551. The summed E-state index contributed by atoms with van der Waals surface area (Å²) in [5.41, 5.74) is 2.21. The highest BCUT2D eigenvalue weighted by Crippen LogP contribution is 2.32. The fraction of sp³-hybridized carbons (Fsp3) is 0.143. The van der Waals surface area contributed by atoms with Gasteiger partial charge in [-0.25, -0.2) is 0 Å². The zero-order valence-corrected chi connectivity index (χ0v) is 14.8. The third-order valence-electron chi connectivity index (χ3n) is 4.22. The molecule has 6 nitrogen and oxygen atoms in total. The fourth-order valence-electron chi connectivity index (χ4n) is 2.83. The number of hydrogen-bond acceptors (Lipinski definition) is 5. The van der Waals surface area contributed by atoms with Crippen LogP contribution in [0.4, 0.5) is 5.69 Å². The summed E-state index contributed by atoms with van der Waals surface area (Å²) in [6, 6.07) is 19.2. The maximum atomic E-state index is 12.1. The van der Waals surface area contributed by atoms with Crippen molar-refractivity contribution in [1.82, 2.24) is 0 Å². The van der Waals surface area contributed by atoms with E-state index in [9.17, 15) is 4.79 Å². The number of hydrogen-bond donors (Lipinski definition) is 1. The van der Waals surface area contributed by atoms with Gasteiger partial charge in [-0.2, -0.15) is 0 Å². The number of ether oxygens (including phenoxy) is 2. The molecule has 27 heavy (non-hydrogen) atoms. The van der Waals surface area contributed by atoms with Gasteiger partial charge in [-0.05, 0) is 48.0 Å². The Morgan fingerprint density at radius 2 is 1.85 bits per heavy atom. The van der Waals surface area contributed by atoms with Crippen LogP contribution in [-0.4, -0.2) is 25.0 Å². The van der Waals surface area contributed by atoms with Crippen molar-refractivity contribution in [2.45, 2.75) is 6.92 Å². The second-order valence-electron chi connectivity index (χ2n) is 6.13. The zero-order chi connectivity index (χ0) is 18.6. The van der Waals surface area contributed by atoms with Crippen LogP contribution in [0.5, 0.6) is 11.5 Å². The molecule has 1 aliphatic heterocycles. The van der Waals surface area contributed by atoms with E-state index in [1.165, 1.54) is 0 Å². The van der Waals surface area contributed by atoms with Crippen molar-refractivity contribution in [1.29, 1.82) is 0 Å². The Hall–Kier alpha value is -3.54. The van der Waals surface area contributed by atoms with Crippen molar-refractivity contribution in [3.8, 4) is 11.5 Å². The molecule has 1 amide bonds. The summed E-state index contributed by atoms with van der Waals surface area (Å²) < 4.78 is 10.6. The lowest BCUT2D eigenvalue weighted by molar-refractivity contribution is -0.120. The third kappa shape index (κ3) is 3.84. The van der Waals surface area contributed by atoms with E-state index in [1.807, 2.05) is 60.7 Å². The largest absolute Gasteiger partial charge is 0.454 e. The van der Waals surface area contributed by atoms with Crippen molar-refractivity contribution < 1.29 is 19.1 Å². The molecule has 0 saturated heterocycles. The number of nitrogens with one attached hydrogen (secondary N) is 1. The van der Waals surface area contributed by atoms with Gasteiger partial charge in [0.2, 0.25) is 6.79 Å². The van der Waals surface area contributed by atoms with E-state index >= 15 is 0 Å². The first-order valence-corrected chi connectivity index (χ1v) is 8.54. The van der Waals surface area contributed by atoms with Crippen LogP contribution in [0.3, 0.4) is 0 Å². The number of nitrogens with zero attached hydrogens (tertiary/aromatic N) is 1. The lowest BCUT2D eigenvalue weighted by Gasteiger charge is -2.07. The van der Waals surface area contributed by atoms with Crippen molar-refractivity contribution in [3.63, 3.8) is 0 Å². The summed E-state index contributed by atoms with van der Waals surface area (Å²) >= 11 is 0. The van der Waals surface area contributed by atoms with E-state index in [-0.39, 0.29) is 19.3 Å². The normalized spacial score (nSPS) is 12.9. The van der Waals surface area contributed by atoms with Crippen LogP contribution in [0.2, 0.25) is 0 Å². The number of fused-ring (bicyclic) bond motifs is 2. The maximum Gasteiger partial charge on any atom is 0.265 e. The SMILES string of the molecule is C/C(=N/OCC(=O)Nc1ccc2ccccc2c1)c1ccc2c(c1)OCO2. The minimum Gasteiger partial charge on any atom is -0.454 e. The number of anilines is 1. The van der Waals surface area contributed by atoms with Gasteiger partial charge in [-0.15, -0.1) is 0 Å². The van der Waals surface area contributed by atoms with Crippen LogP contribution in [0, 0.1) is 0 Å². The van der Waals surface area contributed by atoms with Gasteiger partial charge in [0.25, 0.3) is 5.91 Å². The highest BCUT2D eigenvalue weighted by atomic mass is 16.7. The molecule has 0 spiro atoms. The number of carbonyl (C=O) groups excluding carboxylic acids is 1. The Labute approximate surface area is 156 Å². The number of amides is 1. The second-order valence-corrected chi connectivity index (χ2v) is 6.13. The topological polar surface area (TPSA) is 69.2 Å². The van der Waals surface area contributed by atoms with Crippen molar-refractivity contribution >= 4 is 28.1 Å². The van der Waals surface area contributed by atoms with Crippen LogP contribution < -0.4 is 14.8 Å². The highest BCUT2D eigenvalue weighted by molar-refractivity contribution is 5.99. The van der Waals surface area contributed by atoms with E-state index in [0.717, 1.165) is 22.0 Å². The minimum absolute atomic E-state index is 0.172. The van der Waals surface area contributed by atoms with Gasteiger partial charge in [-0.3, -0.25) is 4.79 Å². The molecule has 0 fully saturated rings.